The van der Waals surface area contributed by atoms with E-state index in [1.165, 1.54) is 0 Å². The smallest absolute Gasteiger partial charge is 0.0704 e. The summed E-state index contributed by atoms with van der Waals surface area (Å²) in [4.78, 5) is 0. The summed E-state index contributed by atoms with van der Waals surface area (Å²) in [5.74, 6) is 0. The molecule has 3 nitrogen and oxygen atoms in total. The lowest BCUT2D eigenvalue weighted by atomic mass is 10.1. The van der Waals surface area contributed by atoms with Crippen LogP contribution in [0.4, 0.5) is 0 Å². The van der Waals surface area contributed by atoms with Gasteiger partial charge in [0.1, 0.15) is 0 Å². The highest BCUT2D eigenvalue weighted by Crippen LogP contribution is 1.99. The van der Waals surface area contributed by atoms with Gasteiger partial charge in [0, 0.05) is 12.1 Å². The van der Waals surface area contributed by atoms with Crippen molar-refractivity contribution in [3.05, 3.63) is 0 Å². The molecular weight excluding hydrogens is 190 g/mol. The van der Waals surface area contributed by atoms with Crippen molar-refractivity contribution in [1.29, 1.82) is 0 Å². The Balaban J connectivity index is 3.38. The van der Waals surface area contributed by atoms with Crippen molar-refractivity contribution in [2.24, 2.45) is 0 Å². The molecule has 3 heteroatoms. The van der Waals surface area contributed by atoms with Crippen LogP contribution in [0.3, 0.4) is 0 Å². The van der Waals surface area contributed by atoms with Gasteiger partial charge in [-0.15, -0.1) is 0 Å². The van der Waals surface area contributed by atoms with Crippen LogP contribution in [0.5, 0.6) is 0 Å². The topological polar surface area (TPSA) is 30.5 Å². The highest BCUT2D eigenvalue weighted by atomic mass is 16.5. The third-order valence-electron chi connectivity index (χ3n) is 1.86. The molecule has 0 aliphatic rings. The minimum Gasteiger partial charge on any atom is -0.376 e. The van der Waals surface area contributed by atoms with Crippen LogP contribution in [-0.2, 0) is 9.47 Å². The Morgan fingerprint density at radius 3 is 2.00 bits per heavy atom. The maximum Gasteiger partial charge on any atom is 0.0704 e. The number of rotatable bonds is 7. The van der Waals surface area contributed by atoms with Crippen LogP contribution in [0.25, 0.3) is 0 Å². The molecule has 0 spiro atoms. The van der Waals surface area contributed by atoms with Gasteiger partial charge in [-0.05, 0) is 41.5 Å². The van der Waals surface area contributed by atoms with Crippen molar-refractivity contribution in [3.63, 3.8) is 0 Å². The third-order valence-corrected chi connectivity index (χ3v) is 1.86. The molecule has 1 unspecified atom stereocenters. The standard InChI is InChI=1S/C12H27NO2/c1-10(2)14-7-8-15-11(3)9-13-12(4,5)6/h10-11,13H,7-9H2,1-6H3. The Morgan fingerprint density at radius 2 is 1.53 bits per heavy atom. The molecule has 0 saturated heterocycles. The number of ether oxygens (including phenoxy) is 2. The van der Waals surface area contributed by atoms with E-state index in [9.17, 15) is 0 Å². The molecule has 0 fully saturated rings. The first-order chi connectivity index (χ1) is 6.81. The van der Waals surface area contributed by atoms with Crippen LogP contribution < -0.4 is 5.32 Å². The number of hydrogen-bond acceptors (Lipinski definition) is 3. The predicted molar refractivity (Wildman–Crippen MR) is 64.3 cm³/mol. The van der Waals surface area contributed by atoms with Crippen molar-refractivity contribution in [2.45, 2.75) is 59.3 Å². The fourth-order valence-electron chi connectivity index (χ4n) is 1.04. The van der Waals surface area contributed by atoms with E-state index in [-0.39, 0.29) is 17.7 Å². The Bertz CT molecular complexity index is 152. The van der Waals surface area contributed by atoms with Gasteiger partial charge in [0.2, 0.25) is 0 Å². The molecule has 0 rings (SSSR count). The highest BCUT2D eigenvalue weighted by Gasteiger charge is 2.10. The maximum absolute atomic E-state index is 5.60. The van der Waals surface area contributed by atoms with Crippen LogP contribution in [0.15, 0.2) is 0 Å². The fourth-order valence-corrected chi connectivity index (χ4v) is 1.04. The predicted octanol–water partition coefficient (Wildman–Crippen LogP) is 2.20. The van der Waals surface area contributed by atoms with Crippen molar-refractivity contribution >= 4 is 0 Å². The minimum absolute atomic E-state index is 0.159. The van der Waals surface area contributed by atoms with Gasteiger partial charge in [0.25, 0.3) is 0 Å². The second-order valence-electron chi connectivity index (χ2n) is 5.23. The molecule has 15 heavy (non-hydrogen) atoms. The average Bonchev–Trinajstić information content (AvgIpc) is 2.07. The molecule has 0 saturated carbocycles. The minimum atomic E-state index is 0.159. The summed E-state index contributed by atoms with van der Waals surface area (Å²) in [6, 6.07) is 0. The first-order valence-corrected chi connectivity index (χ1v) is 5.79. The highest BCUT2D eigenvalue weighted by molar-refractivity contribution is 4.71. The van der Waals surface area contributed by atoms with Crippen molar-refractivity contribution < 1.29 is 9.47 Å². The molecule has 0 bridgehead atoms. The lowest BCUT2D eigenvalue weighted by Gasteiger charge is -2.23. The van der Waals surface area contributed by atoms with Crippen LogP contribution in [0, 0.1) is 0 Å². The van der Waals surface area contributed by atoms with Gasteiger partial charge in [-0.25, -0.2) is 0 Å². The molecule has 0 aromatic rings. The quantitative estimate of drug-likeness (QED) is 0.663. The van der Waals surface area contributed by atoms with E-state index in [0.717, 1.165) is 6.54 Å². The summed E-state index contributed by atoms with van der Waals surface area (Å²) in [7, 11) is 0. The van der Waals surface area contributed by atoms with E-state index < -0.39 is 0 Å². The number of nitrogens with one attached hydrogen (secondary N) is 1. The Kier molecular flexibility index (Phi) is 7.14. The molecular formula is C12H27NO2. The van der Waals surface area contributed by atoms with Crippen molar-refractivity contribution in [3.8, 4) is 0 Å². The van der Waals surface area contributed by atoms with Gasteiger partial charge in [0.15, 0.2) is 0 Å². The first-order valence-electron chi connectivity index (χ1n) is 5.79. The molecule has 0 aliphatic carbocycles. The van der Waals surface area contributed by atoms with Crippen molar-refractivity contribution in [2.75, 3.05) is 19.8 Å². The van der Waals surface area contributed by atoms with Gasteiger partial charge in [-0.3, -0.25) is 0 Å². The van der Waals surface area contributed by atoms with E-state index >= 15 is 0 Å². The van der Waals surface area contributed by atoms with E-state index in [1.54, 1.807) is 0 Å². The lowest BCUT2D eigenvalue weighted by Crippen LogP contribution is -2.41. The summed E-state index contributed by atoms with van der Waals surface area (Å²) in [6.07, 6.45) is 0.525. The van der Waals surface area contributed by atoms with Gasteiger partial charge in [0.05, 0.1) is 25.4 Å². The van der Waals surface area contributed by atoms with E-state index in [0.29, 0.717) is 13.2 Å². The van der Waals surface area contributed by atoms with Gasteiger partial charge in [-0.1, -0.05) is 0 Å². The van der Waals surface area contributed by atoms with Crippen LogP contribution in [-0.4, -0.2) is 37.5 Å². The van der Waals surface area contributed by atoms with Gasteiger partial charge >= 0.3 is 0 Å². The molecule has 0 amide bonds. The Hall–Kier alpha value is -0.120. The van der Waals surface area contributed by atoms with Crippen molar-refractivity contribution in [1.82, 2.24) is 5.32 Å². The zero-order valence-electron chi connectivity index (χ0n) is 11.1. The number of hydrogen-bond donors (Lipinski definition) is 1. The second-order valence-corrected chi connectivity index (χ2v) is 5.23. The summed E-state index contributed by atoms with van der Waals surface area (Å²) < 4.78 is 11.0. The zero-order chi connectivity index (χ0) is 11.9. The van der Waals surface area contributed by atoms with Gasteiger partial charge < -0.3 is 14.8 Å². The third kappa shape index (κ3) is 11.8. The van der Waals surface area contributed by atoms with Crippen LogP contribution in [0.1, 0.15) is 41.5 Å². The maximum atomic E-state index is 5.60. The summed E-state index contributed by atoms with van der Waals surface area (Å²) in [5.41, 5.74) is 0.159. The van der Waals surface area contributed by atoms with E-state index in [2.05, 4.69) is 33.0 Å². The summed E-state index contributed by atoms with van der Waals surface area (Å²) in [6.45, 7) is 14.8. The van der Waals surface area contributed by atoms with Crippen LogP contribution >= 0.6 is 0 Å². The SMILES string of the molecule is CC(C)OCCOC(C)CNC(C)(C)C. The van der Waals surface area contributed by atoms with E-state index in [1.807, 2.05) is 13.8 Å². The molecule has 0 aliphatic heterocycles. The summed E-state index contributed by atoms with van der Waals surface area (Å²) in [5, 5.41) is 3.41. The zero-order valence-corrected chi connectivity index (χ0v) is 11.1. The molecule has 1 N–H and O–H groups in total. The Labute approximate surface area is 94.5 Å². The molecule has 1 atom stereocenters. The molecule has 0 aromatic heterocycles. The van der Waals surface area contributed by atoms with Gasteiger partial charge in [-0.2, -0.15) is 0 Å². The lowest BCUT2D eigenvalue weighted by molar-refractivity contribution is -0.00751. The fraction of sp³-hybridized carbons (Fsp3) is 1.00. The Morgan fingerprint density at radius 1 is 1.00 bits per heavy atom. The molecule has 0 radical (unpaired) electrons. The summed E-state index contributed by atoms with van der Waals surface area (Å²) >= 11 is 0. The second kappa shape index (κ2) is 7.20. The molecule has 92 valence electrons. The molecule has 0 aromatic carbocycles. The average molecular weight is 217 g/mol. The molecule has 0 heterocycles. The monoisotopic (exact) mass is 217 g/mol. The largest absolute Gasteiger partial charge is 0.376 e. The van der Waals surface area contributed by atoms with Crippen LogP contribution in [0.2, 0.25) is 0 Å². The normalized spacial score (nSPS) is 14.6. The van der Waals surface area contributed by atoms with E-state index in [4.69, 9.17) is 9.47 Å². The first kappa shape index (κ1) is 14.9.